The number of hydrogen-bond donors (Lipinski definition) is 2. The smallest absolute Gasteiger partial charge is 0.126 e. The highest BCUT2D eigenvalue weighted by molar-refractivity contribution is 7.80. The molecule has 2 aromatic rings. The molecule has 0 radical (unpaired) electrons. The Kier molecular flexibility index (Phi) is 3.62. The van der Waals surface area contributed by atoms with Crippen molar-refractivity contribution < 1.29 is 9.84 Å². The van der Waals surface area contributed by atoms with Gasteiger partial charge in [-0.3, -0.25) is 0 Å². The molecule has 2 unspecified atom stereocenters. The van der Waals surface area contributed by atoms with Gasteiger partial charge in [-0.05, 0) is 43.0 Å². The van der Waals surface area contributed by atoms with Gasteiger partial charge in [-0.15, -0.1) is 0 Å². The molecule has 0 saturated heterocycles. The fourth-order valence-electron chi connectivity index (χ4n) is 3.01. The second-order valence-electron chi connectivity index (χ2n) is 5.75. The van der Waals surface area contributed by atoms with Gasteiger partial charge in [0.25, 0.3) is 0 Å². The maximum absolute atomic E-state index is 10.2. The van der Waals surface area contributed by atoms with Crippen LogP contribution in [0.4, 0.5) is 0 Å². The molecule has 2 aromatic carbocycles. The molecule has 1 N–H and O–H groups in total. The molecule has 0 fully saturated rings. The van der Waals surface area contributed by atoms with Gasteiger partial charge in [0.15, 0.2) is 0 Å². The summed E-state index contributed by atoms with van der Waals surface area (Å²) < 4.78 is 6.18. The standard InChI is InChI=1S/C18H20O2S/c1-10-11(2)17-14(12(3)16(10)19)9-15(20-17)18(21)13-7-5-4-6-8-13/h4-8,15,18-19,21H,9H2,1-3H3. The SMILES string of the molecule is Cc1c(C)c2c(c(C)c1O)CC(C(S)c1ccccc1)O2. The maximum Gasteiger partial charge on any atom is 0.126 e. The third kappa shape index (κ3) is 2.30. The van der Waals surface area contributed by atoms with Crippen LogP contribution >= 0.6 is 12.6 Å². The maximum atomic E-state index is 10.2. The van der Waals surface area contributed by atoms with Crippen molar-refractivity contribution in [1.29, 1.82) is 0 Å². The molecule has 110 valence electrons. The highest BCUT2D eigenvalue weighted by Crippen LogP contribution is 2.44. The first-order chi connectivity index (χ1) is 10.0. The molecule has 2 atom stereocenters. The lowest BCUT2D eigenvalue weighted by Gasteiger charge is -2.19. The number of aromatic hydroxyl groups is 1. The summed E-state index contributed by atoms with van der Waals surface area (Å²) in [5.41, 5.74) is 5.15. The highest BCUT2D eigenvalue weighted by Gasteiger charge is 2.33. The Morgan fingerprint density at radius 2 is 1.76 bits per heavy atom. The number of phenols is 1. The van der Waals surface area contributed by atoms with E-state index >= 15 is 0 Å². The van der Waals surface area contributed by atoms with Crippen LogP contribution in [0.3, 0.4) is 0 Å². The zero-order valence-electron chi connectivity index (χ0n) is 12.6. The van der Waals surface area contributed by atoms with Gasteiger partial charge in [-0.25, -0.2) is 0 Å². The van der Waals surface area contributed by atoms with E-state index in [1.165, 1.54) is 0 Å². The average molecular weight is 300 g/mol. The number of benzene rings is 2. The summed E-state index contributed by atoms with van der Waals surface area (Å²) in [5, 5.41) is 10.2. The minimum Gasteiger partial charge on any atom is -0.507 e. The molecule has 3 rings (SSSR count). The first-order valence-corrected chi connectivity index (χ1v) is 7.73. The quantitative estimate of drug-likeness (QED) is 0.810. The van der Waals surface area contributed by atoms with E-state index in [9.17, 15) is 5.11 Å². The van der Waals surface area contributed by atoms with Gasteiger partial charge in [0, 0.05) is 12.0 Å². The Bertz CT molecular complexity index is 643. The molecule has 0 bridgehead atoms. The first kappa shape index (κ1) is 14.3. The number of rotatable bonds is 2. The summed E-state index contributed by atoms with van der Waals surface area (Å²) in [6, 6.07) is 10.2. The van der Waals surface area contributed by atoms with Crippen molar-refractivity contribution in [3.05, 3.63) is 58.1 Å². The fourth-order valence-corrected chi connectivity index (χ4v) is 3.35. The van der Waals surface area contributed by atoms with E-state index < -0.39 is 0 Å². The van der Waals surface area contributed by atoms with Crippen LogP contribution in [-0.2, 0) is 6.42 Å². The molecule has 2 nitrogen and oxygen atoms in total. The summed E-state index contributed by atoms with van der Waals surface area (Å²) in [6.07, 6.45) is 0.795. The van der Waals surface area contributed by atoms with Gasteiger partial charge in [0.05, 0.1) is 5.25 Å². The Balaban J connectivity index is 1.95. The molecule has 1 aliphatic rings. The van der Waals surface area contributed by atoms with E-state index in [0.29, 0.717) is 5.75 Å². The van der Waals surface area contributed by atoms with E-state index in [4.69, 9.17) is 17.4 Å². The minimum atomic E-state index is 0.00401. The molecule has 0 saturated carbocycles. The molecule has 1 aliphatic heterocycles. The van der Waals surface area contributed by atoms with Gasteiger partial charge < -0.3 is 9.84 Å². The molecular formula is C18H20O2S. The van der Waals surface area contributed by atoms with Crippen LogP contribution in [0, 0.1) is 20.8 Å². The van der Waals surface area contributed by atoms with Crippen molar-refractivity contribution >= 4 is 12.6 Å². The topological polar surface area (TPSA) is 29.5 Å². The highest BCUT2D eigenvalue weighted by atomic mass is 32.1. The van der Waals surface area contributed by atoms with Gasteiger partial charge in [0.1, 0.15) is 17.6 Å². The molecule has 0 aromatic heterocycles. The molecule has 0 amide bonds. The monoisotopic (exact) mass is 300 g/mol. The van der Waals surface area contributed by atoms with Crippen LogP contribution in [0.15, 0.2) is 30.3 Å². The van der Waals surface area contributed by atoms with Gasteiger partial charge in [-0.2, -0.15) is 12.6 Å². The second kappa shape index (κ2) is 5.30. The van der Waals surface area contributed by atoms with E-state index in [0.717, 1.165) is 40.0 Å². The second-order valence-corrected chi connectivity index (χ2v) is 6.30. The molecular weight excluding hydrogens is 280 g/mol. The van der Waals surface area contributed by atoms with Gasteiger partial charge >= 0.3 is 0 Å². The number of thiol groups is 1. The molecule has 0 aliphatic carbocycles. The molecule has 1 heterocycles. The lowest BCUT2D eigenvalue weighted by Crippen LogP contribution is -2.19. The van der Waals surface area contributed by atoms with Crippen LogP contribution in [0.25, 0.3) is 0 Å². The third-order valence-corrected chi connectivity index (χ3v) is 5.14. The van der Waals surface area contributed by atoms with Gasteiger partial charge in [0.2, 0.25) is 0 Å². The number of fused-ring (bicyclic) bond motifs is 1. The summed E-state index contributed by atoms with van der Waals surface area (Å²) in [6.45, 7) is 5.90. The van der Waals surface area contributed by atoms with E-state index in [1.54, 1.807) is 0 Å². The predicted octanol–water partition coefficient (Wildman–Crippen LogP) is 4.29. The summed E-state index contributed by atoms with van der Waals surface area (Å²) >= 11 is 4.75. The van der Waals surface area contributed by atoms with Crippen molar-refractivity contribution in [2.24, 2.45) is 0 Å². The molecule has 21 heavy (non-hydrogen) atoms. The number of hydrogen-bond acceptors (Lipinski definition) is 3. The number of ether oxygens (including phenoxy) is 1. The zero-order valence-corrected chi connectivity index (χ0v) is 13.4. The summed E-state index contributed by atoms with van der Waals surface area (Å²) in [4.78, 5) is 0. The van der Waals surface area contributed by atoms with Crippen molar-refractivity contribution in [3.63, 3.8) is 0 Å². The predicted molar refractivity (Wildman–Crippen MR) is 88.6 cm³/mol. The molecule has 3 heteroatoms. The third-order valence-electron chi connectivity index (χ3n) is 4.51. The summed E-state index contributed by atoms with van der Waals surface area (Å²) in [5.74, 6) is 1.33. The van der Waals surface area contributed by atoms with Crippen molar-refractivity contribution in [1.82, 2.24) is 0 Å². The van der Waals surface area contributed by atoms with E-state index in [2.05, 4.69) is 12.1 Å². The summed E-state index contributed by atoms with van der Waals surface area (Å²) in [7, 11) is 0. The Hall–Kier alpha value is -1.61. The lowest BCUT2D eigenvalue weighted by molar-refractivity contribution is 0.229. The van der Waals surface area contributed by atoms with Crippen LogP contribution < -0.4 is 4.74 Å². The van der Waals surface area contributed by atoms with Crippen LogP contribution in [0.2, 0.25) is 0 Å². The van der Waals surface area contributed by atoms with Crippen LogP contribution in [-0.4, -0.2) is 11.2 Å². The van der Waals surface area contributed by atoms with Crippen molar-refractivity contribution in [2.45, 2.75) is 38.5 Å². The van der Waals surface area contributed by atoms with Crippen LogP contribution in [0.5, 0.6) is 11.5 Å². The van der Waals surface area contributed by atoms with Crippen molar-refractivity contribution in [3.8, 4) is 11.5 Å². The Morgan fingerprint density at radius 1 is 1.10 bits per heavy atom. The largest absolute Gasteiger partial charge is 0.507 e. The Labute approximate surface area is 131 Å². The first-order valence-electron chi connectivity index (χ1n) is 7.22. The normalized spacial score (nSPS) is 18.2. The van der Waals surface area contributed by atoms with Gasteiger partial charge in [-0.1, -0.05) is 30.3 Å². The van der Waals surface area contributed by atoms with Crippen LogP contribution in [0.1, 0.15) is 33.1 Å². The fraction of sp³-hybridized carbons (Fsp3) is 0.333. The van der Waals surface area contributed by atoms with Crippen molar-refractivity contribution in [2.75, 3.05) is 0 Å². The van der Waals surface area contributed by atoms with E-state index in [-0.39, 0.29) is 11.4 Å². The zero-order chi connectivity index (χ0) is 15.1. The molecule has 0 spiro atoms. The Morgan fingerprint density at radius 3 is 2.43 bits per heavy atom. The van der Waals surface area contributed by atoms with E-state index in [1.807, 2.05) is 39.0 Å². The minimum absolute atomic E-state index is 0.00401. The average Bonchev–Trinajstić information content (AvgIpc) is 2.96. The lowest BCUT2D eigenvalue weighted by atomic mass is 9.95. The number of phenolic OH excluding ortho intramolecular Hbond substituents is 1.